The Kier molecular flexibility index (Phi) is 6.18. The molecule has 0 saturated carbocycles. The van der Waals surface area contributed by atoms with Gasteiger partial charge in [0, 0.05) is 36.7 Å². The first-order valence-electron chi connectivity index (χ1n) is 10.5. The molecule has 2 fully saturated rings. The van der Waals surface area contributed by atoms with Crippen molar-refractivity contribution in [2.45, 2.75) is 57.0 Å². The Hall–Kier alpha value is -1.90. The van der Waals surface area contributed by atoms with Gasteiger partial charge in [-0.2, -0.15) is 0 Å². The van der Waals surface area contributed by atoms with Gasteiger partial charge >= 0.3 is 0 Å². The molecule has 30 heavy (non-hydrogen) atoms. The summed E-state index contributed by atoms with van der Waals surface area (Å²) in [4.78, 5) is 7.64. The molecule has 0 amide bonds. The summed E-state index contributed by atoms with van der Waals surface area (Å²) in [6.45, 7) is 6.04. The summed E-state index contributed by atoms with van der Waals surface area (Å²) in [6, 6.07) is 8.53. The topological polar surface area (TPSA) is 83.3 Å². The number of ether oxygens (including phenoxy) is 1. The summed E-state index contributed by atoms with van der Waals surface area (Å²) >= 11 is 6.04. The minimum absolute atomic E-state index is 0.210. The number of hydrogen-bond donors (Lipinski definition) is 2. The monoisotopic (exact) mass is 436 g/mol. The standard InChI is InChI=1S/C21H30ClFN6O/c1-21(2,23)18-12-29(17(13-30-18)11-14-3-5-15(22)6-4-14)16-7-9-28(10-8-16)20-25-19(24)26-27-20/h3-6,16-18H,7-13H2,1-2H3,(H3,24,25,26,27)/t17-,18+/m0/s1. The quantitative estimate of drug-likeness (QED) is 0.749. The van der Waals surface area contributed by atoms with Crippen LogP contribution in [0.25, 0.3) is 0 Å². The third-order valence-corrected chi connectivity index (χ3v) is 6.46. The Labute approximate surface area is 181 Å². The number of nitrogens with zero attached hydrogens (tertiary/aromatic N) is 4. The molecule has 3 N–H and O–H groups in total. The number of aromatic nitrogens is 3. The maximum atomic E-state index is 14.7. The van der Waals surface area contributed by atoms with E-state index in [2.05, 4.69) is 37.1 Å². The average molecular weight is 437 g/mol. The molecule has 1 aromatic carbocycles. The molecule has 0 unspecified atom stereocenters. The highest BCUT2D eigenvalue weighted by molar-refractivity contribution is 6.30. The van der Waals surface area contributed by atoms with Gasteiger partial charge in [0.05, 0.1) is 6.61 Å². The number of anilines is 2. The molecule has 1 aromatic heterocycles. The van der Waals surface area contributed by atoms with Crippen LogP contribution in [0.2, 0.25) is 5.02 Å². The van der Waals surface area contributed by atoms with Gasteiger partial charge < -0.3 is 15.4 Å². The fraction of sp³-hybridized carbons (Fsp3) is 0.619. The number of nitrogen functional groups attached to an aromatic ring is 1. The number of nitrogens with one attached hydrogen (secondary N) is 1. The van der Waals surface area contributed by atoms with Gasteiger partial charge in [0.1, 0.15) is 11.8 Å². The molecule has 2 aromatic rings. The van der Waals surface area contributed by atoms with Gasteiger partial charge in [-0.15, -0.1) is 10.2 Å². The summed E-state index contributed by atoms with van der Waals surface area (Å²) in [5, 5.41) is 8.69. The highest BCUT2D eigenvalue weighted by Crippen LogP contribution is 2.30. The lowest BCUT2D eigenvalue weighted by Crippen LogP contribution is -2.60. The molecule has 2 atom stereocenters. The van der Waals surface area contributed by atoms with Gasteiger partial charge in [-0.25, -0.2) is 4.39 Å². The third kappa shape index (κ3) is 4.87. The predicted octanol–water partition coefficient (Wildman–Crippen LogP) is 3.07. The van der Waals surface area contributed by atoms with E-state index in [1.54, 1.807) is 13.8 Å². The summed E-state index contributed by atoms with van der Waals surface area (Å²) in [5.74, 6) is 1.05. The van der Waals surface area contributed by atoms with Crippen molar-refractivity contribution in [1.82, 2.24) is 20.1 Å². The van der Waals surface area contributed by atoms with Crippen LogP contribution in [-0.4, -0.2) is 70.2 Å². The maximum Gasteiger partial charge on any atom is 0.226 e. The van der Waals surface area contributed by atoms with Gasteiger partial charge in [-0.1, -0.05) is 23.7 Å². The fourth-order valence-corrected chi connectivity index (χ4v) is 4.59. The van der Waals surface area contributed by atoms with Crippen LogP contribution in [0.5, 0.6) is 0 Å². The molecule has 3 heterocycles. The maximum absolute atomic E-state index is 14.7. The molecule has 2 aliphatic rings. The summed E-state index contributed by atoms with van der Waals surface area (Å²) in [5.41, 5.74) is 5.50. The SMILES string of the molecule is CC(C)(F)[C@H]1CN(C2CCN(c3nnc(N)[nH]3)CC2)[C@@H](Cc2ccc(Cl)cc2)CO1. The Morgan fingerprint density at radius 3 is 2.53 bits per heavy atom. The summed E-state index contributed by atoms with van der Waals surface area (Å²) in [6.07, 6.45) is 2.37. The predicted molar refractivity (Wildman–Crippen MR) is 117 cm³/mol. The zero-order valence-electron chi connectivity index (χ0n) is 17.5. The van der Waals surface area contributed by atoms with E-state index in [1.165, 1.54) is 5.56 Å². The second-order valence-electron chi connectivity index (χ2n) is 8.82. The van der Waals surface area contributed by atoms with E-state index in [9.17, 15) is 4.39 Å². The minimum atomic E-state index is -1.37. The first-order chi connectivity index (χ1) is 14.3. The number of alkyl halides is 1. The lowest BCUT2D eigenvalue weighted by atomic mass is 9.93. The van der Waals surface area contributed by atoms with E-state index in [0.29, 0.717) is 31.1 Å². The molecular weight excluding hydrogens is 407 g/mol. The van der Waals surface area contributed by atoms with Crippen molar-refractivity contribution in [2.75, 3.05) is 36.9 Å². The number of piperidine rings is 1. The summed E-state index contributed by atoms with van der Waals surface area (Å²) < 4.78 is 20.7. The smallest absolute Gasteiger partial charge is 0.226 e. The van der Waals surface area contributed by atoms with Gasteiger partial charge in [0.25, 0.3) is 0 Å². The van der Waals surface area contributed by atoms with Gasteiger partial charge in [0.2, 0.25) is 11.9 Å². The molecule has 164 valence electrons. The van der Waals surface area contributed by atoms with Crippen molar-refractivity contribution >= 4 is 23.5 Å². The van der Waals surface area contributed by atoms with Crippen LogP contribution in [0.1, 0.15) is 32.3 Å². The van der Waals surface area contributed by atoms with Crippen molar-refractivity contribution in [3.63, 3.8) is 0 Å². The highest BCUT2D eigenvalue weighted by atomic mass is 35.5. The lowest BCUT2D eigenvalue weighted by Gasteiger charge is -2.48. The van der Waals surface area contributed by atoms with Crippen LogP contribution in [0, 0.1) is 0 Å². The second-order valence-corrected chi connectivity index (χ2v) is 9.26. The summed E-state index contributed by atoms with van der Waals surface area (Å²) in [7, 11) is 0. The molecular formula is C21H30ClFN6O. The van der Waals surface area contributed by atoms with E-state index >= 15 is 0 Å². The van der Waals surface area contributed by atoms with E-state index in [-0.39, 0.29) is 6.04 Å². The molecule has 9 heteroatoms. The molecule has 2 aliphatic heterocycles. The second kappa shape index (κ2) is 8.69. The number of aromatic amines is 1. The van der Waals surface area contributed by atoms with E-state index in [4.69, 9.17) is 22.1 Å². The Bertz CT molecular complexity index is 831. The number of benzene rings is 1. The van der Waals surface area contributed by atoms with E-state index < -0.39 is 11.8 Å². The first kappa shape index (κ1) is 21.3. The van der Waals surface area contributed by atoms with Crippen LogP contribution in [0.3, 0.4) is 0 Å². The van der Waals surface area contributed by atoms with Crippen molar-refractivity contribution in [3.05, 3.63) is 34.9 Å². The van der Waals surface area contributed by atoms with Crippen LogP contribution < -0.4 is 10.6 Å². The molecule has 0 spiro atoms. The third-order valence-electron chi connectivity index (χ3n) is 6.21. The normalized spacial score (nSPS) is 24.3. The van der Waals surface area contributed by atoms with E-state index in [1.807, 2.05) is 12.1 Å². The van der Waals surface area contributed by atoms with Crippen molar-refractivity contribution in [3.8, 4) is 0 Å². The zero-order chi connectivity index (χ0) is 21.3. The van der Waals surface area contributed by atoms with Crippen LogP contribution in [-0.2, 0) is 11.2 Å². The molecule has 0 radical (unpaired) electrons. The van der Waals surface area contributed by atoms with Crippen molar-refractivity contribution in [2.24, 2.45) is 0 Å². The Morgan fingerprint density at radius 1 is 1.23 bits per heavy atom. The number of rotatable bonds is 5. The molecule has 4 rings (SSSR count). The van der Waals surface area contributed by atoms with Crippen molar-refractivity contribution < 1.29 is 9.13 Å². The molecule has 0 aliphatic carbocycles. The zero-order valence-corrected chi connectivity index (χ0v) is 18.3. The van der Waals surface area contributed by atoms with Crippen LogP contribution >= 0.6 is 11.6 Å². The number of halogens is 2. The highest BCUT2D eigenvalue weighted by Gasteiger charge is 2.41. The molecule has 7 nitrogen and oxygen atoms in total. The van der Waals surface area contributed by atoms with Gasteiger partial charge in [-0.05, 0) is 50.8 Å². The number of morpholine rings is 1. The van der Waals surface area contributed by atoms with Crippen LogP contribution in [0.4, 0.5) is 16.3 Å². The fourth-order valence-electron chi connectivity index (χ4n) is 4.46. The molecule has 2 saturated heterocycles. The average Bonchev–Trinajstić information content (AvgIpc) is 3.16. The Morgan fingerprint density at radius 2 is 1.93 bits per heavy atom. The Balaban J connectivity index is 1.46. The van der Waals surface area contributed by atoms with Crippen LogP contribution in [0.15, 0.2) is 24.3 Å². The van der Waals surface area contributed by atoms with Crippen molar-refractivity contribution in [1.29, 1.82) is 0 Å². The number of hydrogen-bond acceptors (Lipinski definition) is 6. The van der Waals surface area contributed by atoms with Gasteiger partial charge in [-0.3, -0.25) is 9.88 Å². The van der Waals surface area contributed by atoms with Gasteiger partial charge in [0.15, 0.2) is 0 Å². The lowest BCUT2D eigenvalue weighted by molar-refractivity contribution is -0.130. The van der Waals surface area contributed by atoms with E-state index in [0.717, 1.165) is 37.4 Å². The number of nitrogens with two attached hydrogens (primary N) is 1. The largest absolute Gasteiger partial charge is 0.372 e. The molecule has 0 bridgehead atoms. The minimum Gasteiger partial charge on any atom is -0.372 e. The first-order valence-corrected chi connectivity index (χ1v) is 10.9. The number of H-pyrrole nitrogens is 1.